The van der Waals surface area contributed by atoms with E-state index in [9.17, 15) is 24.1 Å². The summed E-state index contributed by atoms with van der Waals surface area (Å²) in [7, 11) is 1.68. The summed E-state index contributed by atoms with van der Waals surface area (Å²) in [6.45, 7) is 4.96. The van der Waals surface area contributed by atoms with Crippen molar-refractivity contribution in [1.29, 1.82) is 10.5 Å². The van der Waals surface area contributed by atoms with Crippen molar-refractivity contribution in [3.8, 4) is 12.1 Å². The highest BCUT2D eigenvalue weighted by atomic mass is 19.1. The molecule has 1 aliphatic rings. The molecular weight excluding hydrogens is 564 g/mol. The van der Waals surface area contributed by atoms with Gasteiger partial charge in [-0.25, -0.2) is 8.78 Å². The third kappa shape index (κ3) is 5.85. The van der Waals surface area contributed by atoms with Crippen LogP contribution in [0, 0.1) is 28.1 Å². The van der Waals surface area contributed by atoms with E-state index in [0.29, 0.717) is 62.0 Å². The van der Waals surface area contributed by atoms with Crippen molar-refractivity contribution in [3.05, 3.63) is 87.7 Å². The van der Waals surface area contributed by atoms with Crippen molar-refractivity contribution in [2.24, 2.45) is 12.5 Å². The Morgan fingerprint density at radius 1 is 1.05 bits per heavy atom. The first kappa shape index (κ1) is 30.3. The van der Waals surface area contributed by atoms with Crippen molar-refractivity contribution >= 4 is 33.1 Å². The average Bonchev–Trinajstić information content (AvgIpc) is 3.49. The standard InChI is InChI=1S/C32H33F2N9O/c1-32(2,3)18-38-29-20(15-36)16-37-28-19(14-35)10-21(11-26(28)29)39-30(27-17-43(41-40-27)22(12-33)13-34)24-6-5-7-25-23(24)8-9-42(4)31(25)44/h5-11,16-17,22,30,39-41H,12-13,18H2,1-4H3,(H,37,38)/t30-/m0/s1. The molecule has 5 rings (SSSR count). The Morgan fingerprint density at radius 2 is 1.80 bits per heavy atom. The van der Waals surface area contributed by atoms with Gasteiger partial charge in [0.15, 0.2) is 0 Å². The Hall–Kier alpha value is -5.20. The zero-order valence-electron chi connectivity index (χ0n) is 24.9. The third-order valence-corrected chi connectivity index (χ3v) is 7.45. The Morgan fingerprint density at radius 3 is 2.48 bits per heavy atom. The lowest BCUT2D eigenvalue weighted by molar-refractivity contribution is 0.139. The highest BCUT2D eigenvalue weighted by Gasteiger charge is 2.28. The Labute approximate surface area is 253 Å². The summed E-state index contributed by atoms with van der Waals surface area (Å²) in [4.78, 5) is 17.4. The molecule has 0 radical (unpaired) electrons. The number of hydrazine groups is 2. The number of alkyl halides is 2. The van der Waals surface area contributed by atoms with Crippen LogP contribution in [0.4, 0.5) is 20.2 Å². The molecule has 44 heavy (non-hydrogen) atoms. The maximum absolute atomic E-state index is 13.6. The lowest BCUT2D eigenvalue weighted by Gasteiger charge is -2.24. The SMILES string of the molecule is Cn1ccc2c([C@H](Nc3cc(C#N)c4ncc(C#N)c(NCC(C)(C)C)c4c3)C3=CN(C(CF)CF)NN3)cccc2c1=O. The number of hydrogen-bond acceptors (Lipinski definition) is 9. The number of fused-ring (bicyclic) bond motifs is 2. The molecule has 12 heteroatoms. The van der Waals surface area contributed by atoms with Crippen LogP contribution >= 0.6 is 0 Å². The minimum atomic E-state index is -1.04. The number of pyridine rings is 2. The van der Waals surface area contributed by atoms with Crippen LogP contribution in [0.15, 0.2) is 65.5 Å². The van der Waals surface area contributed by atoms with Gasteiger partial charge in [0, 0.05) is 48.6 Å². The second-order valence-corrected chi connectivity index (χ2v) is 11.9. The van der Waals surface area contributed by atoms with E-state index in [4.69, 9.17) is 0 Å². The van der Waals surface area contributed by atoms with Gasteiger partial charge in [-0.05, 0) is 40.6 Å². The van der Waals surface area contributed by atoms with E-state index in [-0.39, 0.29) is 11.0 Å². The zero-order valence-corrected chi connectivity index (χ0v) is 24.9. The third-order valence-electron chi connectivity index (χ3n) is 7.45. The summed E-state index contributed by atoms with van der Waals surface area (Å²) in [5, 5.41) is 29.9. The van der Waals surface area contributed by atoms with Gasteiger partial charge in [-0.3, -0.25) is 14.8 Å². The quantitative estimate of drug-likeness (QED) is 0.212. The molecule has 2 aromatic carbocycles. The predicted octanol–water partition coefficient (Wildman–Crippen LogP) is 4.92. The van der Waals surface area contributed by atoms with Crippen LogP contribution in [0.25, 0.3) is 21.7 Å². The fourth-order valence-electron chi connectivity index (χ4n) is 5.12. The highest BCUT2D eigenvalue weighted by molar-refractivity contribution is 5.99. The average molecular weight is 598 g/mol. The fraction of sp³-hybridized carbons (Fsp3) is 0.312. The van der Waals surface area contributed by atoms with Gasteiger partial charge < -0.3 is 20.6 Å². The number of halogens is 2. The van der Waals surface area contributed by atoms with Crippen molar-refractivity contribution in [2.75, 3.05) is 30.5 Å². The molecule has 0 aliphatic carbocycles. The number of rotatable bonds is 9. The van der Waals surface area contributed by atoms with Crippen molar-refractivity contribution in [2.45, 2.75) is 32.9 Å². The molecule has 2 aromatic heterocycles. The number of nitrogens with one attached hydrogen (secondary N) is 4. The second kappa shape index (κ2) is 12.2. The molecule has 4 N–H and O–H groups in total. The van der Waals surface area contributed by atoms with Crippen LogP contribution in [0.1, 0.15) is 43.5 Å². The summed E-state index contributed by atoms with van der Waals surface area (Å²) >= 11 is 0. The van der Waals surface area contributed by atoms with Crippen LogP contribution in [0.3, 0.4) is 0 Å². The molecular formula is C32H33F2N9O. The van der Waals surface area contributed by atoms with Crippen LogP contribution in [0.5, 0.6) is 0 Å². The van der Waals surface area contributed by atoms with Gasteiger partial charge in [-0.2, -0.15) is 10.5 Å². The number of nitrogens with zero attached hydrogens (tertiary/aromatic N) is 5. The first-order chi connectivity index (χ1) is 21.1. The smallest absolute Gasteiger partial charge is 0.258 e. The number of hydrogen-bond donors (Lipinski definition) is 4. The monoisotopic (exact) mass is 597 g/mol. The van der Waals surface area contributed by atoms with E-state index in [1.54, 1.807) is 37.6 Å². The van der Waals surface area contributed by atoms with Gasteiger partial charge in [0.25, 0.3) is 5.56 Å². The van der Waals surface area contributed by atoms with E-state index in [2.05, 4.69) is 59.5 Å². The van der Waals surface area contributed by atoms with Gasteiger partial charge in [0.2, 0.25) is 0 Å². The maximum atomic E-state index is 13.6. The Bertz CT molecular complexity index is 1900. The van der Waals surface area contributed by atoms with E-state index in [0.717, 1.165) is 0 Å². The van der Waals surface area contributed by atoms with Crippen LogP contribution in [-0.4, -0.2) is 40.5 Å². The van der Waals surface area contributed by atoms with E-state index < -0.39 is 25.4 Å². The highest BCUT2D eigenvalue weighted by Crippen LogP contribution is 2.36. The molecule has 0 spiro atoms. The molecule has 1 aliphatic heterocycles. The van der Waals surface area contributed by atoms with Gasteiger partial charge in [-0.1, -0.05) is 32.9 Å². The molecule has 0 bridgehead atoms. The first-order valence-corrected chi connectivity index (χ1v) is 14.1. The molecule has 0 unspecified atom stereocenters. The Kier molecular flexibility index (Phi) is 8.39. The summed E-state index contributed by atoms with van der Waals surface area (Å²) in [5.41, 5.74) is 8.99. The number of aryl methyl sites for hydroxylation is 1. The number of aromatic nitrogens is 2. The summed E-state index contributed by atoms with van der Waals surface area (Å²) in [6, 6.07) is 13.4. The number of anilines is 2. The normalized spacial score (nSPS) is 13.8. The number of nitriles is 2. The summed E-state index contributed by atoms with van der Waals surface area (Å²) < 4.78 is 28.6. The second-order valence-electron chi connectivity index (χ2n) is 11.9. The summed E-state index contributed by atoms with van der Waals surface area (Å²) in [6.07, 6.45) is 4.72. The first-order valence-electron chi connectivity index (χ1n) is 14.1. The van der Waals surface area contributed by atoms with Crippen LogP contribution < -0.4 is 27.2 Å². The molecule has 0 fully saturated rings. The lowest BCUT2D eigenvalue weighted by Crippen LogP contribution is -2.45. The molecule has 3 heterocycles. The van der Waals surface area contributed by atoms with Gasteiger partial charge >= 0.3 is 0 Å². The molecule has 4 aromatic rings. The molecule has 226 valence electrons. The fourth-order valence-corrected chi connectivity index (χ4v) is 5.12. The largest absolute Gasteiger partial charge is 0.383 e. The maximum Gasteiger partial charge on any atom is 0.258 e. The topological polar surface area (TPSA) is 134 Å². The minimum absolute atomic E-state index is 0.0939. The van der Waals surface area contributed by atoms with E-state index >= 15 is 0 Å². The van der Waals surface area contributed by atoms with Gasteiger partial charge in [0.05, 0.1) is 34.1 Å². The minimum Gasteiger partial charge on any atom is -0.383 e. The molecule has 0 amide bonds. The zero-order chi connectivity index (χ0) is 31.6. The van der Waals surface area contributed by atoms with Crippen molar-refractivity contribution < 1.29 is 8.78 Å². The lowest BCUT2D eigenvalue weighted by atomic mass is 9.96. The van der Waals surface area contributed by atoms with Gasteiger partial charge in [-0.15, -0.1) is 5.53 Å². The van der Waals surface area contributed by atoms with Crippen molar-refractivity contribution in [3.63, 3.8) is 0 Å². The van der Waals surface area contributed by atoms with Crippen molar-refractivity contribution in [1.82, 2.24) is 25.5 Å². The van der Waals surface area contributed by atoms with Crippen LogP contribution in [-0.2, 0) is 7.05 Å². The van der Waals surface area contributed by atoms with Gasteiger partial charge in [0.1, 0.15) is 31.5 Å². The molecule has 10 nitrogen and oxygen atoms in total. The summed E-state index contributed by atoms with van der Waals surface area (Å²) in [5.74, 6) is 0. The molecule has 0 saturated heterocycles. The van der Waals surface area contributed by atoms with E-state index in [1.165, 1.54) is 15.8 Å². The molecule has 0 saturated carbocycles. The van der Waals surface area contributed by atoms with Crippen LogP contribution in [0.2, 0.25) is 0 Å². The number of benzene rings is 2. The predicted molar refractivity (Wildman–Crippen MR) is 167 cm³/mol. The molecule has 1 atom stereocenters. The van der Waals surface area contributed by atoms with E-state index in [1.807, 2.05) is 18.2 Å². The Balaban J connectivity index is 1.69.